The second-order valence-electron chi connectivity index (χ2n) is 9.02. The van der Waals surface area contributed by atoms with Crippen LogP contribution in [0.3, 0.4) is 0 Å². The molecule has 1 aromatic rings. The van der Waals surface area contributed by atoms with Crippen molar-refractivity contribution in [3.63, 3.8) is 0 Å². The summed E-state index contributed by atoms with van der Waals surface area (Å²) in [6.45, 7) is 8.12. The molecule has 0 bridgehead atoms. The number of nitrogens with zero attached hydrogens (tertiary/aromatic N) is 1. The molecule has 3 aliphatic heterocycles. The van der Waals surface area contributed by atoms with Gasteiger partial charge in [-0.2, -0.15) is 0 Å². The van der Waals surface area contributed by atoms with Crippen LogP contribution in [-0.4, -0.2) is 56.1 Å². The first-order valence-corrected chi connectivity index (χ1v) is 11.3. The fraction of sp³-hybridized carbons (Fsp3) is 0.696. The Morgan fingerprint density at radius 2 is 1.67 bits per heavy atom. The highest BCUT2D eigenvalue weighted by Crippen LogP contribution is 2.17. The molecule has 0 radical (unpaired) electrons. The van der Waals surface area contributed by atoms with Gasteiger partial charge in [-0.15, -0.1) is 0 Å². The summed E-state index contributed by atoms with van der Waals surface area (Å²) in [6, 6.07) is 11.7. The zero-order valence-electron chi connectivity index (χ0n) is 16.8. The van der Waals surface area contributed by atoms with E-state index in [1.165, 1.54) is 70.3 Å². The predicted molar refractivity (Wildman–Crippen MR) is 108 cm³/mol. The first-order chi connectivity index (χ1) is 13.3. The van der Waals surface area contributed by atoms with Crippen LogP contribution in [-0.2, 0) is 11.3 Å². The van der Waals surface area contributed by atoms with Gasteiger partial charge >= 0.3 is 0 Å². The Kier molecular flexibility index (Phi) is 6.46. The number of benzene rings is 1. The third-order valence-corrected chi connectivity index (χ3v) is 7.14. The molecule has 0 aliphatic carbocycles. The molecule has 4 heteroatoms. The average molecular weight is 372 g/mol. The van der Waals surface area contributed by atoms with Crippen molar-refractivity contribution in [1.29, 1.82) is 0 Å². The highest BCUT2D eigenvalue weighted by Gasteiger charge is 2.37. The van der Waals surface area contributed by atoms with Crippen molar-refractivity contribution in [3.05, 3.63) is 35.9 Å². The van der Waals surface area contributed by atoms with Gasteiger partial charge in [-0.05, 0) is 32.1 Å². The van der Waals surface area contributed by atoms with Crippen molar-refractivity contribution in [2.45, 2.75) is 57.5 Å². The van der Waals surface area contributed by atoms with Crippen molar-refractivity contribution < 1.29 is 14.6 Å². The van der Waals surface area contributed by atoms with E-state index in [4.69, 9.17) is 0 Å². The maximum Gasteiger partial charge on any atom is 0.231 e. The molecule has 0 saturated carbocycles. The number of rotatable bonds is 4. The van der Waals surface area contributed by atoms with Crippen LogP contribution < -0.4 is 9.80 Å². The summed E-state index contributed by atoms with van der Waals surface area (Å²) in [5, 5.41) is 0. The van der Waals surface area contributed by atoms with E-state index in [-0.39, 0.29) is 0 Å². The number of hydrogen-bond acceptors (Lipinski definition) is 1. The van der Waals surface area contributed by atoms with Gasteiger partial charge in [0.2, 0.25) is 5.91 Å². The molecular formula is C23H37N3O+2. The molecule has 4 rings (SSSR count). The average Bonchev–Trinajstić information content (AvgIpc) is 2.75. The SMILES string of the molecule is O=C([C@H]1CCC[NH+](C2CC[NH+](Cc3ccccc3)CC2)C1)N1CCCCC1. The molecule has 1 amide bonds. The number of amides is 1. The minimum absolute atomic E-state index is 0.293. The van der Waals surface area contributed by atoms with Crippen LogP contribution in [0, 0.1) is 5.92 Å². The van der Waals surface area contributed by atoms with Crippen LogP contribution in [0.2, 0.25) is 0 Å². The van der Waals surface area contributed by atoms with Gasteiger partial charge in [-0.1, -0.05) is 30.3 Å². The summed E-state index contributed by atoms with van der Waals surface area (Å²) in [6.07, 6.45) is 8.71. The molecular weight excluding hydrogens is 334 g/mol. The molecule has 1 unspecified atom stereocenters. The Bertz CT molecular complexity index is 591. The summed E-state index contributed by atoms with van der Waals surface area (Å²) in [5.74, 6) is 0.764. The van der Waals surface area contributed by atoms with E-state index < -0.39 is 0 Å². The standard InChI is InChI=1S/C23H35N3O/c27-23(25-13-5-2-6-14-25)21-10-7-15-26(19-21)22-11-16-24(17-12-22)18-20-8-3-1-4-9-20/h1,3-4,8-9,21-22H,2,5-7,10-19H2/p+2/t21-/m0/s1. The molecule has 2 atom stereocenters. The normalized spacial score (nSPS) is 32.2. The van der Waals surface area contributed by atoms with Gasteiger partial charge in [-0.3, -0.25) is 4.79 Å². The molecule has 1 aromatic carbocycles. The molecule has 3 aliphatic rings. The molecule has 148 valence electrons. The summed E-state index contributed by atoms with van der Waals surface area (Å²) in [5.41, 5.74) is 1.46. The second-order valence-corrected chi connectivity index (χ2v) is 9.02. The van der Waals surface area contributed by atoms with Gasteiger partial charge in [0.05, 0.1) is 38.1 Å². The lowest BCUT2D eigenvalue weighted by atomic mass is 9.92. The number of hydrogen-bond donors (Lipinski definition) is 2. The second kappa shape index (κ2) is 9.20. The van der Waals surface area contributed by atoms with E-state index in [0.717, 1.165) is 32.1 Å². The first kappa shape index (κ1) is 18.9. The Morgan fingerprint density at radius 3 is 2.41 bits per heavy atom. The molecule has 4 nitrogen and oxygen atoms in total. The van der Waals surface area contributed by atoms with Crippen LogP contribution in [0.25, 0.3) is 0 Å². The first-order valence-electron chi connectivity index (χ1n) is 11.3. The number of nitrogens with one attached hydrogen (secondary N) is 2. The molecule has 0 aromatic heterocycles. The van der Waals surface area contributed by atoms with Gasteiger partial charge in [0.1, 0.15) is 6.54 Å². The molecule has 3 saturated heterocycles. The van der Waals surface area contributed by atoms with Crippen molar-refractivity contribution in [3.8, 4) is 0 Å². The molecule has 3 fully saturated rings. The Hall–Kier alpha value is -1.39. The molecule has 0 spiro atoms. The zero-order valence-corrected chi connectivity index (χ0v) is 16.8. The molecule has 3 heterocycles. The topological polar surface area (TPSA) is 29.2 Å². The fourth-order valence-electron chi connectivity index (χ4n) is 5.55. The predicted octanol–water partition coefficient (Wildman–Crippen LogP) is 0.541. The van der Waals surface area contributed by atoms with Crippen LogP contribution in [0.5, 0.6) is 0 Å². The number of quaternary nitrogens is 2. The van der Waals surface area contributed by atoms with E-state index in [1.807, 2.05) is 0 Å². The largest absolute Gasteiger partial charge is 0.342 e. The number of carbonyl (C=O) groups excluding carboxylic acids is 1. The number of piperidine rings is 3. The number of carbonyl (C=O) groups is 1. The maximum absolute atomic E-state index is 12.9. The Labute approximate surface area is 164 Å². The van der Waals surface area contributed by atoms with E-state index in [2.05, 4.69) is 35.2 Å². The van der Waals surface area contributed by atoms with E-state index in [9.17, 15) is 4.79 Å². The van der Waals surface area contributed by atoms with Gasteiger partial charge < -0.3 is 14.7 Å². The van der Waals surface area contributed by atoms with Gasteiger partial charge in [0.25, 0.3) is 0 Å². The lowest BCUT2D eigenvalue weighted by Gasteiger charge is -2.39. The third kappa shape index (κ3) is 4.91. The number of likely N-dealkylation sites (tertiary alicyclic amines) is 3. The van der Waals surface area contributed by atoms with Crippen LogP contribution in [0.15, 0.2) is 30.3 Å². The summed E-state index contributed by atoms with van der Waals surface area (Å²) in [4.78, 5) is 18.6. The van der Waals surface area contributed by atoms with Crippen LogP contribution in [0.4, 0.5) is 0 Å². The minimum atomic E-state index is 0.293. The van der Waals surface area contributed by atoms with Gasteiger partial charge in [-0.25, -0.2) is 0 Å². The summed E-state index contributed by atoms with van der Waals surface area (Å²) in [7, 11) is 0. The smallest absolute Gasteiger partial charge is 0.231 e. The highest BCUT2D eigenvalue weighted by atomic mass is 16.2. The fourth-order valence-corrected chi connectivity index (χ4v) is 5.55. The van der Waals surface area contributed by atoms with Crippen molar-refractivity contribution >= 4 is 5.91 Å². The van der Waals surface area contributed by atoms with Crippen LogP contribution in [0.1, 0.15) is 50.5 Å². The Morgan fingerprint density at radius 1 is 0.926 bits per heavy atom. The monoisotopic (exact) mass is 371 g/mol. The minimum Gasteiger partial charge on any atom is -0.342 e. The molecule has 27 heavy (non-hydrogen) atoms. The maximum atomic E-state index is 12.9. The Balaban J connectivity index is 1.26. The highest BCUT2D eigenvalue weighted by molar-refractivity contribution is 5.79. The van der Waals surface area contributed by atoms with E-state index >= 15 is 0 Å². The van der Waals surface area contributed by atoms with Crippen molar-refractivity contribution in [2.24, 2.45) is 5.92 Å². The van der Waals surface area contributed by atoms with Crippen molar-refractivity contribution in [2.75, 3.05) is 39.3 Å². The lowest BCUT2D eigenvalue weighted by molar-refractivity contribution is -0.967. The van der Waals surface area contributed by atoms with E-state index in [1.54, 1.807) is 9.80 Å². The zero-order chi connectivity index (χ0) is 18.5. The quantitative estimate of drug-likeness (QED) is 0.795. The van der Waals surface area contributed by atoms with Gasteiger partial charge in [0, 0.05) is 31.5 Å². The lowest BCUT2D eigenvalue weighted by Crippen LogP contribution is -3.21. The summed E-state index contributed by atoms with van der Waals surface area (Å²) >= 11 is 0. The van der Waals surface area contributed by atoms with Crippen molar-refractivity contribution in [1.82, 2.24) is 4.90 Å². The summed E-state index contributed by atoms with van der Waals surface area (Å²) < 4.78 is 0. The van der Waals surface area contributed by atoms with E-state index in [0.29, 0.717) is 11.8 Å². The third-order valence-electron chi connectivity index (χ3n) is 7.14. The van der Waals surface area contributed by atoms with Gasteiger partial charge in [0.15, 0.2) is 0 Å². The van der Waals surface area contributed by atoms with Crippen LogP contribution >= 0.6 is 0 Å². The molecule has 2 N–H and O–H groups in total.